The highest BCUT2D eigenvalue weighted by Gasteiger charge is 2.07. The molecular formula is C13H18BrNO2. The first-order valence-corrected chi connectivity index (χ1v) is 6.56. The van der Waals surface area contributed by atoms with E-state index in [9.17, 15) is 4.79 Å². The maximum atomic E-state index is 10.8. The van der Waals surface area contributed by atoms with Crippen LogP contribution in [0.1, 0.15) is 37.0 Å². The molecule has 0 bridgehead atoms. The molecule has 0 heterocycles. The number of carboxylic acids is 1. The van der Waals surface area contributed by atoms with Crippen LogP contribution in [0.4, 0.5) is 5.69 Å². The Labute approximate surface area is 110 Å². The van der Waals surface area contributed by atoms with E-state index < -0.39 is 5.97 Å². The minimum Gasteiger partial charge on any atom is -0.478 e. The monoisotopic (exact) mass is 299 g/mol. The Morgan fingerprint density at radius 1 is 1.47 bits per heavy atom. The van der Waals surface area contributed by atoms with Crippen LogP contribution in [0.5, 0.6) is 0 Å². The number of nitrogens with one attached hydrogen (secondary N) is 1. The Hall–Kier alpha value is -1.03. The summed E-state index contributed by atoms with van der Waals surface area (Å²) >= 11 is 3.26. The van der Waals surface area contributed by atoms with Gasteiger partial charge in [0.15, 0.2) is 0 Å². The van der Waals surface area contributed by atoms with Gasteiger partial charge in [0.05, 0.1) is 5.56 Å². The summed E-state index contributed by atoms with van der Waals surface area (Å²) in [5.41, 5.74) is 1.24. The molecule has 3 nitrogen and oxygen atoms in total. The van der Waals surface area contributed by atoms with Gasteiger partial charge in [-0.3, -0.25) is 0 Å². The predicted octanol–water partition coefficient (Wildman–Crippen LogP) is 4.00. The number of aromatic carboxylic acids is 1. The number of benzene rings is 1. The van der Waals surface area contributed by atoms with Gasteiger partial charge in [0.1, 0.15) is 0 Å². The molecule has 0 radical (unpaired) electrons. The van der Waals surface area contributed by atoms with Crippen molar-refractivity contribution in [3.05, 3.63) is 28.2 Å². The number of anilines is 1. The summed E-state index contributed by atoms with van der Waals surface area (Å²) in [5, 5.41) is 12.2. The molecule has 1 aromatic rings. The van der Waals surface area contributed by atoms with Crippen LogP contribution in [0.3, 0.4) is 0 Å². The van der Waals surface area contributed by atoms with Crippen molar-refractivity contribution in [1.29, 1.82) is 0 Å². The van der Waals surface area contributed by atoms with E-state index in [1.165, 1.54) is 6.42 Å². The lowest BCUT2D eigenvalue weighted by atomic mass is 10.1. The van der Waals surface area contributed by atoms with Gasteiger partial charge in [0, 0.05) is 16.7 Å². The fraction of sp³-hybridized carbons (Fsp3) is 0.462. The highest BCUT2D eigenvalue weighted by molar-refractivity contribution is 9.10. The average Bonchev–Trinajstić information content (AvgIpc) is 2.23. The van der Waals surface area contributed by atoms with Crippen LogP contribution >= 0.6 is 15.9 Å². The molecule has 0 aliphatic carbocycles. The summed E-state index contributed by atoms with van der Waals surface area (Å²) < 4.78 is 0.610. The first-order valence-electron chi connectivity index (χ1n) is 5.77. The van der Waals surface area contributed by atoms with Crippen molar-refractivity contribution in [2.24, 2.45) is 5.92 Å². The summed E-state index contributed by atoms with van der Waals surface area (Å²) in [6, 6.07) is 5.21. The molecule has 0 aliphatic rings. The van der Waals surface area contributed by atoms with Crippen LogP contribution in [0.15, 0.2) is 22.7 Å². The summed E-state index contributed by atoms with van der Waals surface area (Å²) in [4.78, 5) is 10.8. The first kappa shape index (κ1) is 14.0. The molecule has 0 saturated heterocycles. The zero-order chi connectivity index (χ0) is 12.8. The third-order valence-electron chi connectivity index (χ3n) is 2.49. The number of carboxylic acid groups (broad SMARTS) is 1. The van der Waals surface area contributed by atoms with Crippen LogP contribution < -0.4 is 5.32 Å². The summed E-state index contributed by atoms with van der Waals surface area (Å²) in [6.07, 6.45) is 2.32. The molecule has 0 aliphatic heterocycles. The normalized spacial score (nSPS) is 10.6. The Morgan fingerprint density at radius 2 is 2.18 bits per heavy atom. The molecule has 94 valence electrons. The van der Waals surface area contributed by atoms with E-state index >= 15 is 0 Å². The maximum Gasteiger partial charge on any atom is 0.336 e. The van der Waals surface area contributed by atoms with Crippen molar-refractivity contribution >= 4 is 27.6 Å². The van der Waals surface area contributed by atoms with Crippen molar-refractivity contribution in [2.45, 2.75) is 26.7 Å². The van der Waals surface area contributed by atoms with Crippen LogP contribution in [0, 0.1) is 5.92 Å². The molecule has 0 atom stereocenters. The second-order valence-corrected chi connectivity index (χ2v) is 5.32. The smallest absolute Gasteiger partial charge is 0.336 e. The lowest BCUT2D eigenvalue weighted by Gasteiger charge is -2.09. The molecule has 0 saturated carbocycles. The third-order valence-corrected chi connectivity index (χ3v) is 3.14. The second kappa shape index (κ2) is 6.64. The largest absolute Gasteiger partial charge is 0.478 e. The van der Waals surface area contributed by atoms with Crippen LogP contribution in [0.25, 0.3) is 0 Å². The molecule has 2 N–H and O–H groups in total. The Morgan fingerprint density at radius 3 is 2.71 bits per heavy atom. The van der Waals surface area contributed by atoms with E-state index in [1.54, 1.807) is 18.2 Å². The Balaban J connectivity index is 2.50. The number of halogens is 1. The second-order valence-electron chi connectivity index (χ2n) is 4.46. The zero-order valence-corrected chi connectivity index (χ0v) is 11.8. The van der Waals surface area contributed by atoms with Gasteiger partial charge in [-0.05, 0) is 52.9 Å². The van der Waals surface area contributed by atoms with E-state index in [0.29, 0.717) is 4.47 Å². The highest BCUT2D eigenvalue weighted by Crippen LogP contribution is 2.21. The molecule has 1 aromatic carbocycles. The highest BCUT2D eigenvalue weighted by atomic mass is 79.9. The van der Waals surface area contributed by atoms with Crippen LogP contribution in [-0.4, -0.2) is 17.6 Å². The molecule has 0 amide bonds. The van der Waals surface area contributed by atoms with Gasteiger partial charge in [0.2, 0.25) is 0 Å². The van der Waals surface area contributed by atoms with E-state index in [4.69, 9.17) is 5.11 Å². The molecule has 0 aromatic heterocycles. The van der Waals surface area contributed by atoms with Gasteiger partial charge in [-0.1, -0.05) is 13.8 Å². The van der Waals surface area contributed by atoms with Gasteiger partial charge < -0.3 is 10.4 Å². The van der Waals surface area contributed by atoms with Crippen molar-refractivity contribution < 1.29 is 9.90 Å². The quantitative estimate of drug-likeness (QED) is 0.781. The SMILES string of the molecule is CC(C)CCCNc1ccc(C(=O)O)c(Br)c1. The van der Waals surface area contributed by atoms with Crippen molar-refractivity contribution in [1.82, 2.24) is 0 Å². The van der Waals surface area contributed by atoms with Crippen molar-refractivity contribution in [3.8, 4) is 0 Å². The molecule has 0 spiro atoms. The standard InChI is InChI=1S/C13H18BrNO2/c1-9(2)4-3-7-15-10-5-6-11(13(16)17)12(14)8-10/h5-6,8-9,15H,3-4,7H2,1-2H3,(H,16,17). The fourth-order valence-corrected chi connectivity index (χ4v) is 2.09. The van der Waals surface area contributed by atoms with E-state index in [0.717, 1.165) is 24.6 Å². The van der Waals surface area contributed by atoms with Crippen LogP contribution in [-0.2, 0) is 0 Å². The van der Waals surface area contributed by atoms with E-state index in [2.05, 4.69) is 35.1 Å². The number of hydrogen-bond donors (Lipinski definition) is 2. The Kier molecular flexibility index (Phi) is 5.48. The lowest BCUT2D eigenvalue weighted by molar-refractivity contribution is 0.0696. The summed E-state index contributed by atoms with van der Waals surface area (Å²) in [6.45, 7) is 5.33. The molecule has 0 unspecified atom stereocenters. The van der Waals surface area contributed by atoms with Crippen molar-refractivity contribution in [2.75, 3.05) is 11.9 Å². The topological polar surface area (TPSA) is 49.3 Å². The van der Waals surface area contributed by atoms with Gasteiger partial charge in [-0.2, -0.15) is 0 Å². The molecular weight excluding hydrogens is 282 g/mol. The lowest BCUT2D eigenvalue weighted by Crippen LogP contribution is -2.04. The summed E-state index contributed by atoms with van der Waals surface area (Å²) in [5.74, 6) is -0.193. The predicted molar refractivity (Wildman–Crippen MR) is 73.7 cm³/mol. The zero-order valence-electron chi connectivity index (χ0n) is 10.2. The number of rotatable bonds is 6. The minimum absolute atomic E-state index is 0.290. The fourth-order valence-electron chi connectivity index (χ4n) is 1.54. The number of hydrogen-bond acceptors (Lipinski definition) is 2. The minimum atomic E-state index is -0.914. The van der Waals surface area contributed by atoms with Gasteiger partial charge >= 0.3 is 5.97 Å². The van der Waals surface area contributed by atoms with Gasteiger partial charge in [0.25, 0.3) is 0 Å². The number of carbonyl (C=O) groups is 1. The van der Waals surface area contributed by atoms with E-state index in [-0.39, 0.29) is 5.56 Å². The third kappa shape index (κ3) is 4.77. The van der Waals surface area contributed by atoms with Crippen LogP contribution in [0.2, 0.25) is 0 Å². The maximum absolute atomic E-state index is 10.8. The molecule has 1 rings (SSSR count). The van der Waals surface area contributed by atoms with Gasteiger partial charge in [-0.15, -0.1) is 0 Å². The summed E-state index contributed by atoms with van der Waals surface area (Å²) in [7, 11) is 0. The van der Waals surface area contributed by atoms with Crippen molar-refractivity contribution in [3.63, 3.8) is 0 Å². The van der Waals surface area contributed by atoms with E-state index in [1.807, 2.05) is 0 Å². The molecule has 17 heavy (non-hydrogen) atoms. The molecule has 0 fully saturated rings. The molecule has 4 heteroatoms. The first-order chi connectivity index (χ1) is 8.00. The Bertz CT molecular complexity index is 391. The van der Waals surface area contributed by atoms with Gasteiger partial charge in [-0.25, -0.2) is 4.79 Å². The average molecular weight is 300 g/mol.